The molecule has 0 aliphatic carbocycles. The number of carbonyl (C=O) groups is 1. The van der Waals surface area contributed by atoms with Crippen LogP contribution < -0.4 is 20.1 Å². The third-order valence-electron chi connectivity index (χ3n) is 4.00. The molecular weight excluding hydrogens is 327 g/mol. The van der Waals surface area contributed by atoms with E-state index in [0.29, 0.717) is 35.4 Å². The van der Waals surface area contributed by atoms with Crippen molar-refractivity contribution in [2.75, 3.05) is 25.1 Å². The maximum absolute atomic E-state index is 12.5. The summed E-state index contributed by atoms with van der Waals surface area (Å²) in [6.45, 7) is 3.80. The van der Waals surface area contributed by atoms with Gasteiger partial charge in [-0.15, -0.1) is 12.4 Å². The molecule has 122 valence electrons. The fraction of sp³-hybridized carbons (Fsp3) is 0.533. The topological polar surface area (TPSA) is 59.6 Å². The third kappa shape index (κ3) is 3.42. The number of hydrogen-bond acceptors (Lipinski definition) is 4. The fourth-order valence-corrected chi connectivity index (χ4v) is 2.87. The minimum absolute atomic E-state index is 0. The lowest BCUT2D eigenvalue weighted by atomic mass is 9.90. The fourth-order valence-electron chi connectivity index (χ4n) is 2.67. The van der Waals surface area contributed by atoms with Gasteiger partial charge in [-0.3, -0.25) is 4.79 Å². The van der Waals surface area contributed by atoms with Crippen molar-refractivity contribution in [3.8, 4) is 11.5 Å². The number of carbonyl (C=O) groups excluding carboxylic acids is 1. The Kier molecular flexibility index (Phi) is 5.42. The van der Waals surface area contributed by atoms with Crippen LogP contribution in [0.5, 0.6) is 11.5 Å². The van der Waals surface area contributed by atoms with E-state index in [1.165, 1.54) is 0 Å². The standard InChI is InChI=1S/C15H19ClN2O3.ClH/c1-15(4-2-3-5-17-15)14(19)18-11-9-13-12(8-10(11)16)20-6-7-21-13;/h8-9,17H,2-7H2,1H3,(H,18,19);1H. The summed E-state index contributed by atoms with van der Waals surface area (Å²) >= 11 is 6.22. The molecule has 0 bridgehead atoms. The number of piperidine rings is 1. The van der Waals surface area contributed by atoms with E-state index in [1.54, 1.807) is 12.1 Å². The second-order valence-corrected chi connectivity index (χ2v) is 6.05. The predicted octanol–water partition coefficient (Wildman–Crippen LogP) is 3.00. The number of rotatable bonds is 2. The number of ether oxygens (including phenoxy) is 2. The molecular formula is C15H20Cl2N2O3. The lowest BCUT2D eigenvalue weighted by molar-refractivity contribution is -0.122. The molecule has 1 aromatic carbocycles. The maximum atomic E-state index is 12.5. The molecule has 0 aromatic heterocycles. The lowest BCUT2D eigenvalue weighted by Crippen LogP contribution is -2.54. The van der Waals surface area contributed by atoms with Crippen molar-refractivity contribution in [3.05, 3.63) is 17.2 Å². The zero-order chi connectivity index (χ0) is 14.9. The maximum Gasteiger partial charge on any atom is 0.244 e. The normalized spacial score (nSPS) is 23.4. The van der Waals surface area contributed by atoms with Crippen molar-refractivity contribution in [2.24, 2.45) is 0 Å². The molecule has 7 heteroatoms. The summed E-state index contributed by atoms with van der Waals surface area (Å²) in [6.07, 6.45) is 2.97. The molecule has 1 amide bonds. The van der Waals surface area contributed by atoms with Crippen molar-refractivity contribution in [1.29, 1.82) is 0 Å². The third-order valence-corrected chi connectivity index (χ3v) is 4.31. The van der Waals surface area contributed by atoms with Crippen molar-refractivity contribution in [1.82, 2.24) is 5.32 Å². The highest BCUT2D eigenvalue weighted by molar-refractivity contribution is 6.34. The van der Waals surface area contributed by atoms with Crippen molar-refractivity contribution in [3.63, 3.8) is 0 Å². The Bertz CT molecular complexity index is 560. The molecule has 2 aliphatic heterocycles. The van der Waals surface area contributed by atoms with E-state index >= 15 is 0 Å². The van der Waals surface area contributed by atoms with Gasteiger partial charge in [0.15, 0.2) is 11.5 Å². The van der Waals surface area contributed by atoms with E-state index in [4.69, 9.17) is 21.1 Å². The molecule has 0 radical (unpaired) electrons. The van der Waals surface area contributed by atoms with Crippen LogP contribution >= 0.6 is 24.0 Å². The number of halogens is 2. The van der Waals surface area contributed by atoms with E-state index in [2.05, 4.69) is 10.6 Å². The van der Waals surface area contributed by atoms with Crippen molar-refractivity contribution >= 4 is 35.6 Å². The molecule has 1 aromatic rings. The zero-order valence-electron chi connectivity index (χ0n) is 12.4. The number of benzene rings is 1. The molecule has 2 aliphatic rings. The van der Waals surface area contributed by atoms with Crippen LogP contribution in [0.15, 0.2) is 12.1 Å². The Balaban J connectivity index is 0.00000176. The Morgan fingerprint density at radius 1 is 1.27 bits per heavy atom. The first kappa shape index (κ1) is 17.2. The minimum Gasteiger partial charge on any atom is -0.486 e. The Labute approximate surface area is 141 Å². The average molecular weight is 347 g/mol. The highest BCUT2D eigenvalue weighted by atomic mass is 35.5. The molecule has 1 saturated heterocycles. The highest BCUT2D eigenvalue weighted by Gasteiger charge is 2.34. The van der Waals surface area contributed by atoms with Crippen LogP contribution in [0, 0.1) is 0 Å². The number of anilines is 1. The zero-order valence-corrected chi connectivity index (χ0v) is 14.0. The summed E-state index contributed by atoms with van der Waals surface area (Å²) in [5.41, 5.74) is 0.00832. The summed E-state index contributed by atoms with van der Waals surface area (Å²) in [5.74, 6) is 1.16. The molecule has 3 rings (SSSR count). The number of nitrogens with one attached hydrogen (secondary N) is 2. The van der Waals surface area contributed by atoms with Gasteiger partial charge >= 0.3 is 0 Å². The summed E-state index contributed by atoms with van der Waals surface area (Å²) in [4.78, 5) is 12.5. The largest absolute Gasteiger partial charge is 0.486 e. The Hall–Kier alpha value is -1.17. The lowest BCUT2D eigenvalue weighted by Gasteiger charge is -2.33. The summed E-state index contributed by atoms with van der Waals surface area (Å²) < 4.78 is 11.0. The van der Waals surface area contributed by atoms with Gasteiger partial charge in [-0.1, -0.05) is 11.6 Å². The van der Waals surface area contributed by atoms with Crippen molar-refractivity contribution in [2.45, 2.75) is 31.7 Å². The van der Waals surface area contributed by atoms with E-state index in [-0.39, 0.29) is 18.3 Å². The van der Waals surface area contributed by atoms with Gasteiger partial charge in [0.1, 0.15) is 13.2 Å². The number of fused-ring (bicyclic) bond motifs is 1. The summed E-state index contributed by atoms with van der Waals surface area (Å²) in [7, 11) is 0. The summed E-state index contributed by atoms with van der Waals surface area (Å²) in [5, 5.41) is 6.64. The quantitative estimate of drug-likeness (QED) is 0.864. The van der Waals surface area contributed by atoms with Crippen LogP contribution in [-0.4, -0.2) is 31.2 Å². The first-order valence-electron chi connectivity index (χ1n) is 7.24. The van der Waals surface area contributed by atoms with E-state index in [0.717, 1.165) is 25.8 Å². The van der Waals surface area contributed by atoms with Crippen LogP contribution in [0.25, 0.3) is 0 Å². The average Bonchev–Trinajstić information content (AvgIpc) is 2.48. The molecule has 1 fully saturated rings. The van der Waals surface area contributed by atoms with Crippen molar-refractivity contribution < 1.29 is 14.3 Å². The van der Waals surface area contributed by atoms with Gasteiger partial charge in [0.05, 0.1) is 16.2 Å². The van der Waals surface area contributed by atoms with E-state index < -0.39 is 5.54 Å². The summed E-state index contributed by atoms with van der Waals surface area (Å²) in [6, 6.07) is 3.41. The van der Waals surface area contributed by atoms with Crippen LogP contribution in [-0.2, 0) is 4.79 Å². The van der Waals surface area contributed by atoms with Gasteiger partial charge in [-0.25, -0.2) is 0 Å². The van der Waals surface area contributed by atoms with Gasteiger partial charge in [0.25, 0.3) is 0 Å². The van der Waals surface area contributed by atoms with Gasteiger partial charge in [0.2, 0.25) is 5.91 Å². The van der Waals surface area contributed by atoms with Gasteiger partial charge in [0, 0.05) is 12.1 Å². The van der Waals surface area contributed by atoms with Crippen LogP contribution in [0.4, 0.5) is 5.69 Å². The van der Waals surface area contributed by atoms with Gasteiger partial charge in [-0.2, -0.15) is 0 Å². The second kappa shape index (κ2) is 6.94. The minimum atomic E-state index is -0.547. The van der Waals surface area contributed by atoms with E-state index in [9.17, 15) is 4.79 Å². The molecule has 0 spiro atoms. The van der Waals surface area contributed by atoms with Crippen LogP contribution in [0.3, 0.4) is 0 Å². The Morgan fingerprint density at radius 3 is 2.59 bits per heavy atom. The van der Waals surface area contributed by atoms with Crippen LogP contribution in [0.2, 0.25) is 5.02 Å². The smallest absolute Gasteiger partial charge is 0.244 e. The molecule has 22 heavy (non-hydrogen) atoms. The van der Waals surface area contributed by atoms with Gasteiger partial charge in [-0.05, 0) is 32.7 Å². The first-order valence-corrected chi connectivity index (χ1v) is 7.62. The predicted molar refractivity (Wildman–Crippen MR) is 88.6 cm³/mol. The molecule has 5 nitrogen and oxygen atoms in total. The number of hydrogen-bond donors (Lipinski definition) is 2. The molecule has 2 N–H and O–H groups in total. The number of amides is 1. The molecule has 0 saturated carbocycles. The first-order chi connectivity index (χ1) is 10.1. The second-order valence-electron chi connectivity index (χ2n) is 5.65. The van der Waals surface area contributed by atoms with Gasteiger partial charge < -0.3 is 20.1 Å². The Morgan fingerprint density at radius 2 is 1.95 bits per heavy atom. The molecule has 1 atom stereocenters. The van der Waals surface area contributed by atoms with Crippen LogP contribution in [0.1, 0.15) is 26.2 Å². The molecule has 1 unspecified atom stereocenters. The SMILES string of the molecule is CC1(C(=O)Nc2cc3c(cc2Cl)OCCO3)CCCCN1.Cl. The molecule has 2 heterocycles. The van der Waals surface area contributed by atoms with E-state index in [1.807, 2.05) is 6.92 Å². The monoisotopic (exact) mass is 346 g/mol. The highest BCUT2D eigenvalue weighted by Crippen LogP contribution is 2.38.